The Morgan fingerprint density at radius 2 is 1.57 bits per heavy atom. The van der Waals surface area contributed by atoms with Gasteiger partial charge in [-0.15, -0.1) is 0 Å². The molecule has 3 saturated carbocycles. The molecule has 0 spiro atoms. The Balaban J connectivity index is 1.57. The lowest BCUT2D eigenvalue weighted by atomic mass is 9.69. The highest BCUT2D eigenvalue weighted by atomic mass is 16.6. The largest absolute Gasteiger partial charge is 0.461 e. The number of rotatable bonds is 6. The summed E-state index contributed by atoms with van der Waals surface area (Å²) in [5.74, 6) is -0.0415. The van der Waals surface area contributed by atoms with Gasteiger partial charge in [-0.1, -0.05) is 25.3 Å². The van der Waals surface area contributed by atoms with Crippen molar-refractivity contribution in [2.24, 2.45) is 35.5 Å². The molecule has 0 amide bonds. The van der Waals surface area contributed by atoms with Crippen LogP contribution in [-0.4, -0.2) is 37.4 Å². The van der Waals surface area contributed by atoms with E-state index in [1.165, 1.54) is 0 Å². The standard InChI is InChI=1S/C18H22O5/c1-3-5-21-17(19)14-9-7-11(15(14)18(20)22-6-4-2)13-10(9)8-12-16(13)23-12/h3-4,9-16H,1-2,5-8H2. The summed E-state index contributed by atoms with van der Waals surface area (Å²) in [6.45, 7) is 7.51. The number of ether oxygens (including phenoxy) is 3. The van der Waals surface area contributed by atoms with Crippen LogP contribution in [0.5, 0.6) is 0 Å². The van der Waals surface area contributed by atoms with E-state index in [1.807, 2.05) is 0 Å². The van der Waals surface area contributed by atoms with Crippen LogP contribution in [0.25, 0.3) is 0 Å². The molecule has 5 nitrogen and oxygen atoms in total. The highest BCUT2D eigenvalue weighted by Gasteiger charge is 2.71. The van der Waals surface area contributed by atoms with E-state index >= 15 is 0 Å². The molecule has 1 saturated heterocycles. The van der Waals surface area contributed by atoms with Crippen LogP contribution in [0.1, 0.15) is 12.8 Å². The van der Waals surface area contributed by atoms with Gasteiger partial charge in [0.05, 0.1) is 24.0 Å². The maximum atomic E-state index is 12.6. The van der Waals surface area contributed by atoms with Crippen LogP contribution in [0, 0.1) is 35.5 Å². The van der Waals surface area contributed by atoms with Gasteiger partial charge in [-0.2, -0.15) is 0 Å². The van der Waals surface area contributed by atoms with Crippen molar-refractivity contribution in [3.05, 3.63) is 25.3 Å². The normalized spacial score (nSPS) is 45.0. The van der Waals surface area contributed by atoms with E-state index in [-0.39, 0.29) is 42.9 Å². The topological polar surface area (TPSA) is 65.1 Å². The van der Waals surface area contributed by atoms with Crippen LogP contribution in [0.3, 0.4) is 0 Å². The number of carbonyl (C=O) groups is 2. The second-order valence-corrected chi connectivity index (χ2v) is 7.07. The SMILES string of the molecule is C=CCOC(=O)C1C2CC(C1C(=O)OCC=C)C1C2CC2OC21. The molecule has 8 atom stereocenters. The van der Waals surface area contributed by atoms with Crippen molar-refractivity contribution in [2.45, 2.75) is 25.0 Å². The van der Waals surface area contributed by atoms with Gasteiger partial charge >= 0.3 is 11.9 Å². The molecule has 8 unspecified atom stereocenters. The summed E-state index contributed by atoms with van der Waals surface area (Å²) in [6.07, 6.45) is 5.68. The van der Waals surface area contributed by atoms with E-state index in [1.54, 1.807) is 12.2 Å². The number of esters is 2. The van der Waals surface area contributed by atoms with Crippen LogP contribution in [0.15, 0.2) is 25.3 Å². The van der Waals surface area contributed by atoms with Crippen molar-refractivity contribution < 1.29 is 23.8 Å². The van der Waals surface area contributed by atoms with Crippen molar-refractivity contribution in [3.8, 4) is 0 Å². The second-order valence-electron chi connectivity index (χ2n) is 7.07. The third-order valence-electron chi connectivity index (χ3n) is 6.13. The molecule has 0 aromatic heterocycles. The highest BCUT2D eigenvalue weighted by Crippen LogP contribution is 2.67. The summed E-state index contributed by atoms with van der Waals surface area (Å²) in [7, 11) is 0. The molecule has 2 bridgehead atoms. The van der Waals surface area contributed by atoms with E-state index in [0.29, 0.717) is 24.0 Å². The van der Waals surface area contributed by atoms with Gasteiger partial charge in [-0.05, 0) is 36.5 Å². The zero-order chi connectivity index (χ0) is 16.1. The first-order chi connectivity index (χ1) is 11.2. The molecule has 0 aromatic carbocycles. The van der Waals surface area contributed by atoms with Crippen molar-refractivity contribution >= 4 is 11.9 Å². The fourth-order valence-electron chi connectivity index (χ4n) is 5.47. The fraction of sp³-hybridized carbons (Fsp3) is 0.667. The molecule has 23 heavy (non-hydrogen) atoms. The Kier molecular flexibility index (Phi) is 3.56. The van der Waals surface area contributed by atoms with E-state index < -0.39 is 5.92 Å². The molecule has 124 valence electrons. The molecule has 0 aromatic rings. The summed E-state index contributed by atoms with van der Waals surface area (Å²) < 4.78 is 16.3. The quantitative estimate of drug-likeness (QED) is 0.424. The molecule has 0 radical (unpaired) electrons. The number of carbonyl (C=O) groups excluding carboxylic acids is 2. The predicted octanol–water partition coefficient (Wildman–Crippen LogP) is 1.73. The lowest BCUT2D eigenvalue weighted by molar-refractivity contribution is -0.165. The number of hydrogen-bond acceptors (Lipinski definition) is 5. The summed E-state index contributed by atoms with van der Waals surface area (Å²) in [5, 5.41) is 0. The Morgan fingerprint density at radius 3 is 2.17 bits per heavy atom. The zero-order valence-electron chi connectivity index (χ0n) is 13.1. The van der Waals surface area contributed by atoms with E-state index in [2.05, 4.69) is 13.2 Å². The van der Waals surface area contributed by atoms with Gasteiger partial charge in [-0.3, -0.25) is 9.59 Å². The first-order valence-electron chi connectivity index (χ1n) is 8.38. The van der Waals surface area contributed by atoms with Gasteiger partial charge in [0.1, 0.15) is 13.2 Å². The van der Waals surface area contributed by atoms with Crippen molar-refractivity contribution in [1.29, 1.82) is 0 Å². The zero-order valence-corrected chi connectivity index (χ0v) is 13.1. The first kappa shape index (κ1) is 14.9. The molecule has 1 aliphatic heterocycles. The minimum Gasteiger partial charge on any atom is -0.461 e. The highest BCUT2D eigenvalue weighted by molar-refractivity contribution is 5.84. The Hall–Kier alpha value is -1.62. The van der Waals surface area contributed by atoms with Gasteiger partial charge in [-0.25, -0.2) is 0 Å². The first-order valence-corrected chi connectivity index (χ1v) is 8.38. The maximum absolute atomic E-state index is 12.6. The Labute approximate surface area is 135 Å². The molecule has 1 heterocycles. The van der Waals surface area contributed by atoms with Crippen LogP contribution in [0.4, 0.5) is 0 Å². The maximum Gasteiger partial charge on any atom is 0.310 e. The molecular formula is C18H22O5. The molecule has 4 rings (SSSR count). The summed E-state index contributed by atoms with van der Waals surface area (Å²) >= 11 is 0. The van der Waals surface area contributed by atoms with Crippen LogP contribution in [-0.2, 0) is 23.8 Å². The molecular weight excluding hydrogens is 296 g/mol. The minimum absolute atomic E-state index is 0.178. The smallest absolute Gasteiger partial charge is 0.310 e. The number of fused-ring (bicyclic) bond motifs is 7. The minimum atomic E-state index is -0.401. The average molecular weight is 318 g/mol. The van der Waals surface area contributed by atoms with Gasteiger partial charge in [0.15, 0.2) is 0 Å². The van der Waals surface area contributed by atoms with Gasteiger partial charge < -0.3 is 14.2 Å². The van der Waals surface area contributed by atoms with Gasteiger partial charge in [0, 0.05) is 0 Å². The van der Waals surface area contributed by atoms with Crippen molar-refractivity contribution in [3.63, 3.8) is 0 Å². The second kappa shape index (κ2) is 5.48. The predicted molar refractivity (Wildman–Crippen MR) is 81.1 cm³/mol. The van der Waals surface area contributed by atoms with E-state index in [0.717, 1.165) is 12.8 Å². The monoisotopic (exact) mass is 318 g/mol. The summed E-state index contributed by atoms with van der Waals surface area (Å²) in [4.78, 5) is 25.1. The number of hydrogen-bond donors (Lipinski definition) is 0. The van der Waals surface area contributed by atoms with Crippen molar-refractivity contribution in [1.82, 2.24) is 0 Å². The van der Waals surface area contributed by atoms with E-state index in [4.69, 9.17) is 14.2 Å². The Bertz CT molecular complexity index is 556. The van der Waals surface area contributed by atoms with Gasteiger partial charge in [0.25, 0.3) is 0 Å². The van der Waals surface area contributed by atoms with Crippen LogP contribution < -0.4 is 0 Å². The van der Waals surface area contributed by atoms with Crippen LogP contribution in [0.2, 0.25) is 0 Å². The fourth-order valence-corrected chi connectivity index (χ4v) is 5.47. The average Bonchev–Trinajstić information content (AvgIpc) is 2.93. The Morgan fingerprint density at radius 1 is 0.957 bits per heavy atom. The third-order valence-corrected chi connectivity index (χ3v) is 6.13. The summed E-state index contributed by atoms with van der Waals surface area (Å²) in [5.41, 5.74) is 0. The summed E-state index contributed by atoms with van der Waals surface area (Å²) in [6, 6.07) is 0. The van der Waals surface area contributed by atoms with Gasteiger partial charge in [0.2, 0.25) is 0 Å². The molecule has 0 N–H and O–H groups in total. The van der Waals surface area contributed by atoms with E-state index in [9.17, 15) is 9.59 Å². The molecule has 4 aliphatic rings. The third kappa shape index (κ3) is 2.17. The number of epoxide rings is 1. The lowest BCUT2D eigenvalue weighted by Gasteiger charge is -2.36. The molecule has 5 heteroatoms. The van der Waals surface area contributed by atoms with Crippen molar-refractivity contribution in [2.75, 3.05) is 13.2 Å². The van der Waals surface area contributed by atoms with Crippen LogP contribution >= 0.6 is 0 Å². The lowest BCUT2D eigenvalue weighted by Crippen LogP contribution is -2.43. The molecule has 4 fully saturated rings. The molecule has 3 aliphatic carbocycles.